The van der Waals surface area contributed by atoms with Gasteiger partial charge < -0.3 is 5.32 Å². The first-order chi connectivity index (χ1) is 10.5. The first-order valence-corrected chi connectivity index (χ1v) is 7.59. The molecule has 1 fully saturated rings. The van der Waals surface area contributed by atoms with Crippen LogP contribution in [0.2, 0.25) is 10.0 Å². The Morgan fingerprint density at radius 3 is 2.41 bits per heavy atom. The van der Waals surface area contributed by atoms with Crippen LogP contribution in [0.5, 0.6) is 0 Å². The molecule has 6 heteroatoms. The van der Waals surface area contributed by atoms with Gasteiger partial charge in [0, 0.05) is 10.0 Å². The second-order valence-corrected chi connectivity index (χ2v) is 5.92. The molecule has 0 atom stereocenters. The first kappa shape index (κ1) is 15.0. The number of benzene rings is 2. The van der Waals surface area contributed by atoms with E-state index in [2.05, 4.69) is 5.32 Å². The van der Waals surface area contributed by atoms with Crippen molar-refractivity contribution in [2.45, 2.75) is 0 Å². The predicted octanol–water partition coefficient (Wildman–Crippen LogP) is 4.26. The van der Waals surface area contributed by atoms with Gasteiger partial charge in [-0.05, 0) is 54.2 Å². The van der Waals surface area contributed by atoms with Crippen molar-refractivity contribution in [2.75, 3.05) is 4.90 Å². The van der Waals surface area contributed by atoms with Crippen molar-refractivity contribution in [3.8, 4) is 0 Å². The van der Waals surface area contributed by atoms with E-state index in [1.165, 1.54) is 4.90 Å². The summed E-state index contributed by atoms with van der Waals surface area (Å²) in [4.78, 5) is 14.0. The second-order valence-electron chi connectivity index (χ2n) is 4.66. The fourth-order valence-corrected chi connectivity index (χ4v) is 2.83. The van der Waals surface area contributed by atoms with E-state index in [9.17, 15) is 4.79 Å². The summed E-state index contributed by atoms with van der Waals surface area (Å²) in [5, 5.41) is 4.39. The zero-order chi connectivity index (χ0) is 15.7. The van der Waals surface area contributed by atoms with Crippen molar-refractivity contribution < 1.29 is 4.79 Å². The Bertz CT molecular complexity index is 804. The number of carbonyl (C=O) groups excluding carboxylic acids is 1. The highest BCUT2D eigenvalue weighted by Crippen LogP contribution is 2.25. The Morgan fingerprint density at radius 1 is 1.05 bits per heavy atom. The number of anilines is 1. The second kappa shape index (κ2) is 6.08. The average molecular weight is 349 g/mol. The molecule has 0 radical (unpaired) electrons. The lowest BCUT2D eigenvalue weighted by atomic mass is 10.2. The van der Waals surface area contributed by atoms with Crippen molar-refractivity contribution in [3.63, 3.8) is 0 Å². The zero-order valence-corrected chi connectivity index (χ0v) is 13.5. The summed E-state index contributed by atoms with van der Waals surface area (Å²) in [6, 6.07) is 14.2. The summed E-state index contributed by atoms with van der Waals surface area (Å²) < 4.78 is 0. The molecule has 2 aromatic carbocycles. The molecule has 0 aliphatic carbocycles. The highest BCUT2D eigenvalue weighted by atomic mass is 35.5. The highest BCUT2D eigenvalue weighted by molar-refractivity contribution is 7.80. The SMILES string of the molecule is O=C1C(=Cc2cccc(Cl)c2)NC(=S)N1c1cccc(Cl)c1. The van der Waals surface area contributed by atoms with Crippen LogP contribution in [0.25, 0.3) is 6.08 Å². The van der Waals surface area contributed by atoms with Gasteiger partial charge in [-0.1, -0.05) is 41.4 Å². The van der Waals surface area contributed by atoms with Crippen LogP contribution < -0.4 is 10.2 Å². The van der Waals surface area contributed by atoms with Crippen LogP contribution in [0.1, 0.15) is 5.56 Å². The van der Waals surface area contributed by atoms with Crippen LogP contribution >= 0.6 is 35.4 Å². The molecule has 3 rings (SSSR count). The topological polar surface area (TPSA) is 32.3 Å². The molecule has 0 spiro atoms. The van der Waals surface area contributed by atoms with Gasteiger partial charge in [0.2, 0.25) is 0 Å². The summed E-state index contributed by atoms with van der Waals surface area (Å²) in [6.45, 7) is 0. The molecule has 1 saturated heterocycles. The number of halogens is 2. The van der Waals surface area contributed by atoms with E-state index >= 15 is 0 Å². The summed E-state index contributed by atoms with van der Waals surface area (Å²) in [5.41, 5.74) is 1.84. The Labute approximate surface area is 143 Å². The van der Waals surface area contributed by atoms with Crippen LogP contribution in [0.15, 0.2) is 54.2 Å². The van der Waals surface area contributed by atoms with Crippen molar-refractivity contribution in [2.24, 2.45) is 0 Å². The minimum Gasteiger partial charge on any atom is -0.327 e. The minimum absolute atomic E-state index is 0.229. The van der Waals surface area contributed by atoms with Gasteiger partial charge in [0.15, 0.2) is 5.11 Å². The van der Waals surface area contributed by atoms with Gasteiger partial charge in [-0.15, -0.1) is 0 Å². The normalized spacial score (nSPS) is 16.3. The van der Waals surface area contributed by atoms with Crippen LogP contribution in [-0.2, 0) is 4.79 Å². The third-order valence-corrected chi connectivity index (χ3v) is 3.86. The standard InChI is InChI=1S/C16H10Cl2N2OS/c17-11-4-1-3-10(7-11)8-14-15(21)20(16(22)19-14)13-6-2-5-12(18)9-13/h1-9H,(H,19,22). The monoisotopic (exact) mass is 348 g/mol. The Kier molecular flexibility index (Phi) is 4.16. The van der Waals surface area contributed by atoms with Crippen LogP contribution in [-0.4, -0.2) is 11.0 Å². The number of carbonyl (C=O) groups is 1. The molecule has 1 N–H and O–H groups in total. The molecule has 2 aromatic rings. The molecule has 1 heterocycles. The molecule has 1 amide bonds. The van der Waals surface area contributed by atoms with E-state index in [4.69, 9.17) is 35.4 Å². The van der Waals surface area contributed by atoms with Gasteiger partial charge in [0.25, 0.3) is 5.91 Å². The van der Waals surface area contributed by atoms with Gasteiger partial charge in [-0.3, -0.25) is 9.69 Å². The third kappa shape index (κ3) is 2.99. The van der Waals surface area contributed by atoms with E-state index < -0.39 is 0 Å². The van der Waals surface area contributed by atoms with Gasteiger partial charge in [0.05, 0.1) is 5.69 Å². The van der Waals surface area contributed by atoms with Crippen LogP contribution in [0.4, 0.5) is 5.69 Å². The summed E-state index contributed by atoms with van der Waals surface area (Å²) in [5.74, 6) is -0.229. The van der Waals surface area contributed by atoms with Crippen molar-refractivity contribution >= 4 is 58.2 Å². The maximum atomic E-state index is 12.5. The highest BCUT2D eigenvalue weighted by Gasteiger charge is 2.31. The van der Waals surface area contributed by atoms with Crippen LogP contribution in [0, 0.1) is 0 Å². The number of nitrogens with zero attached hydrogens (tertiary/aromatic N) is 1. The molecular formula is C16H10Cl2N2OS. The van der Waals surface area contributed by atoms with E-state index in [0.717, 1.165) is 5.56 Å². The number of nitrogens with one attached hydrogen (secondary N) is 1. The van der Waals surface area contributed by atoms with Crippen molar-refractivity contribution in [3.05, 3.63) is 69.8 Å². The molecule has 22 heavy (non-hydrogen) atoms. The Hall–Kier alpha value is -1.88. The Balaban J connectivity index is 1.95. The fourth-order valence-electron chi connectivity index (χ4n) is 2.15. The largest absolute Gasteiger partial charge is 0.327 e. The van der Waals surface area contributed by atoms with Gasteiger partial charge in [-0.2, -0.15) is 0 Å². The van der Waals surface area contributed by atoms with E-state index in [1.54, 1.807) is 42.5 Å². The fraction of sp³-hybridized carbons (Fsp3) is 0. The van der Waals surface area contributed by atoms with Crippen molar-refractivity contribution in [1.82, 2.24) is 5.32 Å². The smallest absolute Gasteiger partial charge is 0.281 e. The lowest BCUT2D eigenvalue weighted by Gasteiger charge is -2.13. The lowest BCUT2D eigenvalue weighted by molar-refractivity contribution is -0.113. The number of rotatable bonds is 2. The molecule has 0 saturated carbocycles. The third-order valence-electron chi connectivity index (χ3n) is 3.10. The molecule has 1 aliphatic heterocycles. The Morgan fingerprint density at radius 2 is 1.73 bits per heavy atom. The first-order valence-electron chi connectivity index (χ1n) is 6.43. The molecule has 3 nitrogen and oxygen atoms in total. The molecule has 1 aliphatic rings. The maximum Gasteiger partial charge on any atom is 0.281 e. The quantitative estimate of drug-likeness (QED) is 0.650. The van der Waals surface area contributed by atoms with E-state index in [0.29, 0.717) is 26.5 Å². The molecule has 110 valence electrons. The van der Waals surface area contributed by atoms with Crippen LogP contribution in [0.3, 0.4) is 0 Å². The number of amides is 1. The van der Waals surface area contributed by atoms with Gasteiger partial charge in [-0.25, -0.2) is 0 Å². The molecule has 0 unspecified atom stereocenters. The van der Waals surface area contributed by atoms with Gasteiger partial charge >= 0.3 is 0 Å². The maximum absolute atomic E-state index is 12.5. The lowest BCUT2D eigenvalue weighted by Crippen LogP contribution is -2.30. The van der Waals surface area contributed by atoms with E-state index in [-0.39, 0.29) is 5.91 Å². The summed E-state index contributed by atoms with van der Waals surface area (Å²) in [7, 11) is 0. The van der Waals surface area contributed by atoms with E-state index in [1.807, 2.05) is 12.1 Å². The number of thiocarbonyl (C=S) groups is 1. The predicted molar refractivity (Wildman–Crippen MR) is 94.1 cm³/mol. The minimum atomic E-state index is -0.229. The van der Waals surface area contributed by atoms with Gasteiger partial charge in [0.1, 0.15) is 5.70 Å². The average Bonchev–Trinajstić information content (AvgIpc) is 2.73. The number of hydrogen-bond acceptors (Lipinski definition) is 2. The summed E-state index contributed by atoms with van der Waals surface area (Å²) in [6.07, 6.45) is 1.71. The molecule has 0 bridgehead atoms. The summed E-state index contributed by atoms with van der Waals surface area (Å²) >= 11 is 17.2. The molecule has 0 aromatic heterocycles. The zero-order valence-electron chi connectivity index (χ0n) is 11.2. The number of hydrogen-bond donors (Lipinski definition) is 1. The molecular weight excluding hydrogens is 339 g/mol. The van der Waals surface area contributed by atoms with Crippen molar-refractivity contribution in [1.29, 1.82) is 0 Å².